The van der Waals surface area contributed by atoms with Crippen LogP contribution in [0.4, 0.5) is 0 Å². The predicted molar refractivity (Wildman–Crippen MR) is 44.9 cm³/mol. The number of likely N-dealkylation sites (tertiary alicyclic amines) is 1. The van der Waals surface area contributed by atoms with Crippen molar-refractivity contribution in [3.63, 3.8) is 0 Å². The van der Waals surface area contributed by atoms with Crippen molar-refractivity contribution >= 4 is 0 Å². The van der Waals surface area contributed by atoms with E-state index < -0.39 is 0 Å². The lowest BCUT2D eigenvalue weighted by Gasteiger charge is -2.38. The summed E-state index contributed by atoms with van der Waals surface area (Å²) in [4.78, 5) is 2.22. The van der Waals surface area contributed by atoms with E-state index in [1.54, 1.807) is 0 Å². The maximum Gasteiger partial charge on any atom is 0.0683 e. The Balaban J connectivity index is 1.93. The Hall–Kier alpha value is -0.160. The fourth-order valence-corrected chi connectivity index (χ4v) is 2.05. The van der Waals surface area contributed by atoms with Crippen molar-refractivity contribution in [1.29, 1.82) is 0 Å². The van der Waals surface area contributed by atoms with Gasteiger partial charge in [0.1, 0.15) is 0 Å². The molecule has 70 valence electrons. The first-order chi connectivity index (χ1) is 5.81. The molecule has 2 aliphatic heterocycles. The molecule has 2 saturated heterocycles. The molecule has 2 heterocycles. The van der Waals surface area contributed by atoms with Gasteiger partial charge in [0.15, 0.2) is 0 Å². The number of aliphatic hydroxyl groups excluding tert-OH is 2. The molecule has 12 heavy (non-hydrogen) atoms. The first-order valence-corrected chi connectivity index (χ1v) is 4.56. The van der Waals surface area contributed by atoms with Crippen molar-refractivity contribution in [3.05, 3.63) is 0 Å². The van der Waals surface area contributed by atoms with E-state index in [0.29, 0.717) is 6.04 Å². The van der Waals surface area contributed by atoms with Crippen molar-refractivity contribution in [1.82, 2.24) is 10.2 Å². The van der Waals surface area contributed by atoms with Gasteiger partial charge < -0.3 is 15.5 Å². The van der Waals surface area contributed by atoms with Gasteiger partial charge in [-0.25, -0.2) is 0 Å². The van der Waals surface area contributed by atoms with E-state index in [-0.39, 0.29) is 18.8 Å². The zero-order chi connectivity index (χ0) is 8.55. The van der Waals surface area contributed by atoms with Crippen LogP contribution in [-0.4, -0.2) is 59.5 Å². The minimum absolute atomic E-state index is 0.174. The maximum absolute atomic E-state index is 9.40. The number of β-amino-alcohol motifs (C(OH)–C–C–N with tert-alkyl or cyclic N) is 1. The van der Waals surface area contributed by atoms with Crippen molar-refractivity contribution in [2.24, 2.45) is 0 Å². The molecule has 2 unspecified atom stereocenters. The molecule has 2 rings (SSSR count). The van der Waals surface area contributed by atoms with Gasteiger partial charge in [0.05, 0.1) is 12.7 Å². The Morgan fingerprint density at radius 1 is 1.42 bits per heavy atom. The average molecular weight is 172 g/mol. The fraction of sp³-hybridized carbons (Fsp3) is 1.00. The minimum Gasteiger partial charge on any atom is -0.395 e. The van der Waals surface area contributed by atoms with Crippen molar-refractivity contribution in [2.45, 2.75) is 24.6 Å². The summed E-state index contributed by atoms with van der Waals surface area (Å²) in [6.07, 6.45) is 0.496. The summed E-state index contributed by atoms with van der Waals surface area (Å²) in [5.41, 5.74) is 0. The number of nitrogens with one attached hydrogen (secondary N) is 1. The van der Waals surface area contributed by atoms with Gasteiger partial charge in [-0.05, 0) is 6.42 Å². The lowest BCUT2D eigenvalue weighted by atomic mass is 10.1. The topological polar surface area (TPSA) is 55.7 Å². The van der Waals surface area contributed by atoms with Crippen LogP contribution in [0.15, 0.2) is 0 Å². The number of rotatable bonds is 2. The Labute approximate surface area is 72.2 Å². The summed E-state index contributed by atoms with van der Waals surface area (Å²) >= 11 is 0. The lowest BCUT2D eigenvalue weighted by molar-refractivity contribution is 0.0860. The van der Waals surface area contributed by atoms with Gasteiger partial charge in [-0.3, -0.25) is 4.90 Å². The number of aliphatic hydroxyl groups is 2. The number of hydrogen-bond donors (Lipinski definition) is 3. The van der Waals surface area contributed by atoms with Crippen LogP contribution in [0.1, 0.15) is 6.42 Å². The van der Waals surface area contributed by atoms with Crippen LogP contribution in [0.3, 0.4) is 0 Å². The highest BCUT2D eigenvalue weighted by molar-refractivity contribution is 4.94. The standard InChI is InChI=1S/C8H16N2O2/c11-5-6-1-8(12)4-10(6)7-2-9-3-7/h6-9,11-12H,1-5H2. The van der Waals surface area contributed by atoms with Crippen molar-refractivity contribution in [3.8, 4) is 0 Å². The van der Waals surface area contributed by atoms with Crippen LogP contribution in [0.2, 0.25) is 0 Å². The predicted octanol–water partition coefficient (Wildman–Crippen LogP) is -1.61. The van der Waals surface area contributed by atoms with E-state index in [9.17, 15) is 5.11 Å². The van der Waals surface area contributed by atoms with E-state index in [1.807, 2.05) is 0 Å². The van der Waals surface area contributed by atoms with Gasteiger partial charge in [0.25, 0.3) is 0 Å². The molecule has 0 aromatic heterocycles. The fourth-order valence-electron chi connectivity index (χ4n) is 2.05. The summed E-state index contributed by atoms with van der Waals surface area (Å²) in [7, 11) is 0. The molecule has 0 bridgehead atoms. The smallest absolute Gasteiger partial charge is 0.0683 e. The summed E-state index contributed by atoms with van der Waals surface area (Å²) in [5, 5.41) is 21.6. The summed E-state index contributed by atoms with van der Waals surface area (Å²) in [5.74, 6) is 0. The molecule has 0 aliphatic carbocycles. The normalized spacial score (nSPS) is 38.5. The van der Waals surface area contributed by atoms with Gasteiger partial charge >= 0.3 is 0 Å². The zero-order valence-corrected chi connectivity index (χ0v) is 7.11. The summed E-state index contributed by atoms with van der Waals surface area (Å²) in [6.45, 7) is 2.91. The molecule has 0 amide bonds. The van der Waals surface area contributed by atoms with Crippen molar-refractivity contribution in [2.75, 3.05) is 26.2 Å². The zero-order valence-electron chi connectivity index (χ0n) is 7.11. The van der Waals surface area contributed by atoms with Crippen LogP contribution >= 0.6 is 0 Å². The molecule has 4 nitrogen and oxygen atoms in total. The molecule has 0 radical (unpaired) electrons. The van der Waals surface area contributed by atoms with Gasteiger partial charge in [0.2, 0.25) is 0 Å². The molecule has 0 saturated carbocycles. The third kappa shape index (κ3) is 1.35. The second-order valence-electron chi connectivity index (χ2n) is 3.73. The maximum atomic E-state index is 9.40. The van der Waals surface area contributed by atoms with Gasteiger partial charge in [-0.15, -0.1) is 0 Å². The molecule has 4 heteroatoms. The first-order valence-electron chi connectivity index (χ1n) is 4.56. The first kappa shape index (κ1) is 8.44. The SMILES string of the molecule is OCC1CC(O)CN1C1CNC1. The van der Waals surface area contributed by atoms with Gasteiger partial charge in [0, 0.05) is 31.7 Å². The van der Waals surface area contributed by atoms with Gasteiger partial charge in [-0.1, -0.05) is 0 Å². The lowest BCUT2D eigenvalue weighted by Crippen LogP contribution is -2.59. The third-order valence-electron chi connectivity index (χ3n) is 2.87. The quantitative estimate of drug-likeness (QED) is 0.469. The monoisotopic (exact) mass is 172 g/mol. The minimum atomic E-state index is -0.234. The van der Waals surface area contributed by atoms with E-state index in [2.05, 4.69) is 10.2 Å². The molecule has 0 spiro atoms. The second-order valence-corrected chi connectivity index (χ2v) is 3.73. The average Bonchev–Trinajstić information content (AvgIpc) is 2.27. The summed E-state index contributed by atoms with van der Waals surface area (Å²) < 4.78 is 0. The molecular weight excluding hydrogens is 156 g/mol. The molecule has 0 aromatic carbocycles. The van der Waals surface area contributed by atoms with Crippen molar-refractivity contribution < 1.29 is 10.2 Å². The second kappa shape index (κ2) is 3.30. The Morgan fingerprint density at radius 2 is 2.17 bits per heavy atom. The number of nitrogens with zero attached hydrogens (tertiary/aromatic N) is 1. The molecule has 2 fully saturated rings. The Kier molecular flexibility index (Phi) is 2.32. The molecular formula is C8H16N2O2. The highest BCUT2D eigenvalue weighted by atomic mass is 16.3. The van der Waals surface area contributed by atoms with Crippen LogP contribution in [0, 0.1) is 0 Å². The largest absolute Gasteiger partial charge is 0.395 e. The molecule has 0 aromatic rings. The van der Waals surface area contributed by atoms with E-state index in [4.69, 9.17) is 5.11 Å². The third-order valence-corrected chi connectivity index (χ3v) is 2.87. The van der Waals surface area contributed by atoms with Gasteiger partial charge in [-0.2, -0.15) is 0 Å². The molecule has 2 aliphatic rings. The highest BCUT2D eigenvalue weighted by Gasteiger charge is 2.37. The van der Waals surface area contributed by atoms with Crippen LogP contribution in [-0.2, 0) is 0 Å². The van der Waals surface area contributed by atoms with Crippen LogP contribution in [0.25, 0.3) is 0 Å². The molecule has 2 atom stereocenters. The van der Waals surface area contributed by atoms with Crippen LogP contribution in [0.5, 0.6) is 0 Å². The molecule has 3 N–H and O–H groups in total. The van der Waals surface area contributed by atoms with E-state index in [0.717, 1.165) is 26.1 Å². The highest BCUT2D eigenvalue weighted by Crippen LogP contribution is 2.21. The number of hydrogen-bond acceptors (Lipinski definition) is 4. The Bertz CT molecular complexity index is 161. The van der Waals surface area contributed by atoms with E-state index in [1.165, 1.54) is 0 Å². The van der Waals surface area contributed by atoms with E-state index >= 15 is 0 Å². The summed E-state index contributed by atoms with van der Waals surface area (Å²) in [6, 6.07) is 0.728. The van der Waals surface area contributed by atoms with Crippen LogP contribution < -0.4 is 5.32 Å². The Morgan fingerprint density at radius 3 is 2.67 bits per heavy atom.